The number of benzene rings is 3. The van der Waals surface area contributed by atoms with Crippen LogP contribution in [-0.4, -0.2) is 27.0 Å². The highest BCUT2D eigenvalue weighted by Crippen LogP contribution is 2.22. The first-order valence-electron chi connectivity index (χ1n) is 10.1. The largest absolute Gasteiger partial charge is 0.494 e. The van der Waals surface area contributed by atoms with Crippen molar-refractivity contribution in [3.8, 4) is 5.75 Å². The number of nitrogens with one attached hydrogen (secondary N) is 2. The topological polar surface area (TPSA) is 84.5 Å². The average Bonchev–Trinajstić information content (AvgIpc) is 2.75. The van der Waals surface area contributed by atoms with Crippen LogP contribution in [0.1, 0.15) is 18.1 Å². The van der Waals surface area contributed by atoms with E-state index in [1.54, 1.807) is 37.3 Å². The minimum absolute atomic E-state index is 0.0232. The number of hydrogen-bond acceptors (Lipinski definition) is 4. The lowest BCUT2D eigenvalue weighted by Crippen LogP contribution is -2.45. The molecule has 3 rings (SSSR count). The Balaban J connectivity index is 1.87. The molecule has 0 saturated heterocycles. The van der Waals surface area contributed by atoms with E-state index in [2.05, 4.69) is 10.0 Å². The molecule has 0 aliphatic rings. The fraction of sp³-hybridized carbons (Fsp3) is 0.208. The maximum absolute atomic E-state index is 13.5. The Hall–Kier alpha value is -3.23. The Morgan fingerprint density at radius 2 is 1.78 bits per heavy atom. The summed E-state index contributed by atoms with van der Waals surface area (Å²) in [5.41, 5.74) is 1.68. The van der Waals surface area contributed by atoms with E-state index in [9.17, 15) is 17.6 Å². The van der Waals surface area contributed by atoms with Crippen molar-refractivity contribution < 1.29 is 22.3 Å². The maximum atomic E-state index is 13.5. The molecule has 32 heavy (non-hydrogen) atoms. The van der Waals surface area contributed by atoms with Crippen LogP contribution in [-0.2, 0) is 21.2 Å². The summed E-state index contributed by atoms with van der Waals surface area (Å²) in [6, 6.07) is 17.9. The van der Waals surface area contributed by atoms with Crippen LogP contribution in [0, 0.1) is 12.7 Å². The summed E-state index contributed by atoms with van der Waals surface area (Å²) in [7, 11) is -4.02. The van der Waals surface area contributed by atoms with Crippen molar-refractivity contribution in [2.24, 2.45) is 0 Å². The summed E-state index contributed by atoms with van der Waals surface area (Å²) < 4.78 is 47.6. The highest BCUT2D eigenvalue weighted by Gasteiger charge is 2.27. The highest BCUT2D eigenvalue weighted by molar-refractivity contribution is 7.89. The quantitative estimate of drug-likeness (QED) is 0.509. The summed E-state index contributed by atoms with van der Waals surface area (Å²) in [4.78, 5) is 13.0. The van der Waals surface area contributed by atoms with Crippen molar-refractivity contribution in [1.82, 2.24) is 4.72 Å². The number of amides is 1. The van der Waals surface area contributed by atoms with Gasteiger partial charge in [-0.05, 0) is 67.8 Å². The van der Waals surface area contributed by atoms with Crippen LogP contribution in [0.2, 0.25) is 0 Å². The molecule has 1 atom stereocenters. The zero-order valence-corrected chi connectivity index (χ0v) is 18.7. The van der Waals surface area contributed by atoms with Gasteiger partial charge in [0.25, 0.3) is 0 Å². The first-order valence-corrected chi connectivity index (χ1v) is 11.6. The van der Waals surface area contributed by atoms with Crippen LogP contribution in [0.25, 0.3) is 0 Å². The zero-order valence-electron chi connectivity index (χ0n) is 17.8. The molecule has 8 heteroatoms. The number of carbonyl (C=O) groups excluding carboxylic acids is 1. The third-order valence-electron chi connectivity index (χ3n) is 4.75. The molecule has 3 aromatic rings. The van der Waals surface area contributed by atoms with Gasteiger partial charge in [-0.25, -0.2) is 12.8 Å². The standard InChI is InChI=1S/C24H25FN2O4S/c1-3-31-23-13-12-21(14-17(23)2)32(29,30)27-22(15-18-8-5-4-6-9-18)24(28)26-20-11-7-10-19(25)16-20/h4-14,16,22,27H,3,15H2,1-2H3,(H,26,28)/t22-/m0/s1. The van der Waals surface area contributed by atoms with Crippen LogP contribution < -0.4 is 14.8 Å². The van der Waals surface area contributed by atoms with E-state index in [0.717, 1.165) is 5.56 Å². The summed E-state index contributed by atoms with van der Waals surface area (Å²) in [5.74, 6) is -0.505. The van der Waals surface area contributed by atoms with Crippen molar-refractivity contribution in [2.75, 3.05) is 11.9 Å². The Bertz CT molecular complexity index is 1180. The first-order chi connectivity index (χ1) is 15.3. The molecule has 0 spiro atoms. The second kappa shape index (κ2) is 10.4. The lowest BCUT2D eigenvalue weighted by molar-refractivity contribution is -0.117. The van der Waals surface area contributed by atoms with E-state index in [1.165, 1.54) is 36.4 Å². The molecule has 0 radical (unpaired) electrons. The van der Waals surface area contributed by atoms with Gasteiger partial charge in [-0.1, -0.05) is 36.4 Å². The van der Waals surface area contributed by atoms with Crippen molar-refractivity contribution >= 4 is 21.6 Å². The molecule has 0 aromatic heterocycles. The third-order valence-corrected chi connectivity index (χ3v) is 6.21. The van der Waals surface area contributed by atoms with Crippen LogP contribution in [0.5, 0.6) is 5.75 Å². The van der Waals surface area contributed by atoms with Crippen LogP contribution >= 0.6 is 0 Å². The smallest absolute Gasteiger partial charge is 0.242 e. The molecule has 0 unspecified atom stereocenters. The minimum Gasteiger partial charge on any atom is -0.494 e. The summed E-state index contributed by atoms with van der Waals surface area (Å²) in [6.07, 6.45) is 0.122. The number of halogens is 1. The molecular weight excluding hydrogens is 431 g/mol. The number of rotatable bonds is 9. The molecule has 0 bridgehead atoms. The fourth-order valence-electron chi connectivity index (χ4n) is 3.20. The number of sulfonamides is 1. The van der Waals surface area contributed by atoms with Gasteiger partial charge in [-0.15, -0.1) is 0 Å². The van der Waals surface area contributed by atoms with E-state index in [0.29, 0.717) is 17.9 Å². The molecule has 0 aliphatic carbocycles. The summed E-state index contributed by atoms with van der Waals surface area (Å²) >= 11 is 0. The van der Waals surface area contributed by atoms with Crippen LogP contribution in [0.4, 0.5) is 10.1 Å². The maximum Gasteiger partial charge on any atom is 0.242 e. The highest BCUT2D eigenvalue weighted by atomic mass is 32.2. The number of hydrogen-bond donors (Lipinski definition) is 2. The van der Waals surface area contributed by atoms with Crippen LogP contribution in [0.3, 0.4) is 0 Å². The second-order valence-electron chi connectivity index (χ2n) is 7.22. The fourth-order valence-corrected chi connectivity index (χ4v) is 4.48. The molecule has 3 aromatic carbocycles. The monoisotopic (exact) mass is 456 g/mol. The normalized spacial score (nSPS) is 12.2. The van der Waals surface area contributed by atoms with Gasteiger partial charge < -0.3 is 10.1 Å². The molecule has 0 saturated carbocycles. The Kier molecular flexibility index (Phi) is 7.61. The number of carbonyl (C=O) groups is 1. The molecule has 0 heterocycles. The van der Waals surface area contributed by atoms with E-state index < -0.39 is 27.8 Å². The van der Waals surface area contributed by atoms with Gasteiger partial charge in [-0.2, -0.15) is 4.72 Å². The predicted octanol–water partition coefficient (Wildman–Crippen LogP) is 4.06. The van der Waals surface area contributed by atoms with Gasteiger partial charge in [0.15, 0.2) is 0 Å². The van der Waals surface area contributed by atoms with Gasteiger partial charge in [0, 0.05) is 5.69 Å². The molecule has 6 nitrogen and oxygen atoms in total. The zero-order chi connectivity index (χ0) is 23.1. The van der Waals surface area contributed by atoms with Crippen molar-refractivity contribution in [1.29, 1.82) is 0 Å². The van der Waals surface area contributed by atoms with Gasteiger partial charge in [-0.3, -0.25) is 4.79 Å². The SMILES string of the molecule is CCOc1ccc(S(=O)(=O)N[C@@H](Cc2ccccc2)C(=O)Nc2cccc(F)c2)cc1C. The lowest BCUT2D eigenvalue weighted by atomic mass is 10.1. The van der Waals surface area contributed by atoms with E-state index in [1.807, 2.05) is 13.0 Å². The van der Waals surface area contributed by atoms with Gasteiger partial charge in [0.2, 0.25) is 15.9 Å². The first kappa shape index (κ1) is 23.4. The van der Waals surface area contributed by atoms with Crippen molar-refractivity contribution in [3.05, 3.63) is 89.7 Å². The number of ether oxygens (including phenoxy) is 1. The van der Waals surface area contributed by atoms with E-state index in [-0.39, 0.29) is 17.0 Å². The molecule has 1 amide bonds. The van der Waals surface area contributed by atoms with Gasteiger partial charge >= 0.3 is 0 Å². The summed E-state index contributed by atoms with van der Waals surface area (Å²) in [5, 5.41) is 2.59. The third kappa shape index (κ3) is 6.15. The van der Waals surface area contributed by atoms with Crippen molar-refractivity contribution in [2.45, 2.75) is 31.2 Å². The molecule has 0 fully saturated rings. The van der Waals surface area contributed by atoms with E-state index >= 15 is 0 Å². The summed E-state index contributed by atoms with van der Waals surface area (Å²) in [6.45, 7) is 4.06. The second-order valence-corrected chi connectivity index (χ2v) is 8.94. The average molecular weight is 457 g/mol. The lowest BCUT2D eigenvalue weighted by Gasteiger charge is -2.19. The Morgan fingerprint density at radius 3 is 2.44 bits per heavy atom. The molecule has 168 valence electrons. The predicted molar refractivity (Wildman–Crippen MR) is 122 cm³/mol. The van der Waals surface area contributed by atoms with Crippen LogP contribution in [0.15, 0.2) is 77.7 Å². The molecular formula is C24H25FN2O4S. The Labute approximate surface area is 187 Å². The van der Waals surface area contributed by atoms with Crippen molar-refractivity contribution in [3.63, 3.8) is 0 Å². The molecule has 0 aliphatic heterocycles. The Morgan fingerprint density at radius 1 is 1.03 bits per heavy atom. The van der Waals surface area contributed by atoms with Gasteiger partial charge in [0.1, 0.15) is 17.6 Å². The van der Waals surface area contributed by atoms with Gasteiger partial charge in [0.05, 0.1) is 11.5 Å². The van der Waals surface area contributed by atoms with E-state index in [4.69, 9.17) is 4.74 Å². The molecule has 2 N–H and O–H groups in total. The minimum atomic E-state index is -4.02. The number of aryl methyl sites for hydroxylation is 1. The number of anilines is 1.